The molecule has 1 aromatic rings. The standard InChI is InChI=1S/C13H24N2O3S2/c1-9(2)14-7-12-10(3)6-13(19-12)20(16,17)15-11(4)8-18-5/h6,9,11,14-15H,7-8H2,1-5H3. The van der Waals surface area contributed by atoms with Crippen molar-refractivity contribution in [1.29, 1.82) is 0 Å². The lowest BCUT2D eigenvalue weighted by Crippen LogP contribution is -2.35. The number of hydrogen-bond acceptors (Lipinski definition) is 5. The van der Waals surface area contributed by atoms with Crippen molar-refractivity contribution in [1.82, 2.24) is 10.0 Å². The third kappa shape index (κ3) is 5.14. The molecule has 0 aliphatic carbocycles. The summed E-state index contributed by atoms with van der Waals surface area (Å²) in [5.41, 5.74) is 1.00. The summed E-state index contributed by atoms with van der Waals surface area (Å²) in [7, 11) is -1.91. The molecule has 2 N–H and O–H groups in total. The van der Waals surface area contributed by atoms with Gasteiger partial charge in [-0.2, -0.15) is 0 Å². The molecule has 0 fully saturated rings. The van der Waals surface area contributed by atoms with E-state index in [1.807, 2.05) is 6.92 Å². The zero-order valence-corrected chi connectivity index (χ0v) is 14.3. The number of hydrogen-bond donors (Lipinski definition) is 2. The second kappa shape index (κ2) is 7.51. The summed E-state index contributed by atoms with van der Waals surface area (Å²) in [5.74, 6) is 0. The van der Waals surface area contributed by atoms with Gasteiger partial charge in [0.1, 0.15) is 4.21 Å². The van der Waals surface area contributed by atoms with E-state index in [4.69, 9.17) is 4.74 Å². The smallest absolute Gasteiger partial charge is 0.250 e. The first-order valence-electron chi connectivity index (χ1n) is 6.60. The van der Waals surface area contributed by atoms with E-state index in [9.17, 15) is 8.42 Å². The highest BCUT2D eigenvalue weighted by atomic mass is 32.2. The van der Waals surface area contributed by atoms with Crippen molar-refractivity contribution in [2.24, 2.45) is 0 Å². The third-order valence-corrected chi connectivity index (χ3v) is 6.01. The van der Waals surface area contributed by atoms with Crippen molar-refractivity contribution < 1.29 is 13.2 Å². The molecule has 1 heterocycles. The molecule has 0 saturated carbocycles. The van der Waals surface area contributed by atoms with Gasteiger partial charge in [-0.3, -0.25) is 0 Å². The molecular formula is C13H24N2O3S2. The molecule has 0 aliphatic heterocycles. The molecule has 1 aromatic heterocycles. The highest BCUT2D eigenvalue weighted by Crippen LogP contribution is 2.26. The lowest BCUT2D eigenvalue weighted by atomic mass is 10.3. The SMILES string of the molecule is COCC(C)NS(=O)(=O)c1cc(C)c(CNC(C)C)s1. The van der Waals surface area contributed by atoms with Crippen molar-refractivity contribution in [2.75, 3.05) is 13.7 Å². The maximum Gasteiger partial charge on any atom is 0.250 e. The molecule has 0 amide bonds. The Hall–Kier alpha value is -0.470. The highest BCUT2D eigenvalue weighted by Gasteiger charge is 2.21. The van der Waals surface area contributed by atoms with Crippen LogP contribution in [-0.4, -0.2) is 34.2 Å². The fraction of sp³-hybridized carbons (Fsp3) is 0.692. The van der Waals surface area contributed by atoms with E-state index < -0.39 is 10.0 Å². The molecule has 1 atom stereocenters. The van der Waals surface area contributed by atoms with Crippen LogP contribution in [0.4, 0.5) is 0 Å². The zero-order valence-electron chi connectivity index (χ0n) is 12.7. The quantitative estimate of drug-likeness (QED) is 0.767. The van der Waals surface area contributed by atoms with Gasteiger partial charge in [0, 0.05) is 30.6 Å². The van der Waals surface area contributed by atoms with Crippen molar-refractivity contribution in [3.63, 3.8) is 0 Å². The van der Waals surface area contributed by atoms with Crippen molar-refractivity contribution in [2.45, 2.75) is 50.5 Å². The number of thiophene rings is 1. The summed E-state index contributed by atoms with van der Waals surface area (Å²) < 4.78 is 32.4. The van der Waals surface area contributed by atoms with Gasteiger partial charge >= 0.3 is 0 Å². The normalized spacial score (nSPS) is 13.9. The van der Waals surface area contributed by atoms with E-state index in [2.05, 4.69) is 23.9 Å². The van der Waals surface area contributed by atoms with Gasteiger partial charge in [-0.05, 0) is 25.5 Å². The average Bonchev–Trinajstić information content (AvgIpc) is 2.68. The lowest BCUT2D eigenvalue weighted by molar-refractivity contribution is 0.180. The summed E-state index contributed by atoms with van der Waals surface area (Å²) in [6, 6.07) is 1.85. The summed E-state index contributed by atoms with van der Waals surface area (Å²) in [4.78, 5) is 1.05. The summed E-state index contributed by atoms with van der Waals surface area (Å²) in [6.45, 7) is 8.89. The first-order chi connectivity index (χ1) is 9.26. The molecule has 20 heavy (non-hydrogen) atoms. The van der Waals surface area contributed by atoms with Crippen LogP contribution in [0.3, 0.4) is 0 Å². The molecule has 7 heteroatoms. The Morgan fingerprint density at radius 3 is 2.55 bits per heavy atom. The second-order valence-electron chi connectivity index (χ2n) is 5.18. The van der Waals surface area contributed by atoms with Gasteiger partial charge in [-0.1, -0.05) is 13.8 Å². The van der Waals surface area contributed by atoms with E-state index in [-0.39, 0.29) is 6.04 Å². The minimum Gasteiger partial charge on any atom is -0.383 e. The van der Waals surface area contributed by atoms with Crippen molar-refractivity contribution in [3.05, 3.63) is 16.5 Å². The van der Waals surface area contributed by atoms with Crippen LogP contribution in [-0.2, 0) is 21.3 Å². The van der Waals surface area contributed by atoms with Crippen molar-refractivity contribution in [3.8, 4) is 0 Å². The van der Waals surface area contributed by atoms with Gasteiger partial charge in [0.25, 0.3) is 0 Å². The summed E-state index contributed by atoms with van der Waals surface area (Å²) in [5, 5.41) is 3.30. The van der Waals surface area contributed by atoms with Crippen LogP contribution in [0.25, 0.3) is 0 Å². The van der Waals surface area contributed by atoms with E-state index in [0.29, 0.717) is 23.4 Å². The van der Waals surface area contributed by atoms with Crippen LogP contribution in [0.15, 0.2) is 10.3 Å². The molecule has 0 radical (unpaired) electrons. The van der Waals surface area contributed by atoms with E-state index in [1.165, 1.54) is 11.3 Å². The first kappa shape index (κ1) is 17.6. The molecule has 0 aliphatic rings. The van der Waals surface area contributed by atoms with Crippen LogP contribution in [0.2, 0.25) is 0 Å². The van der Waals surface area contributed by atoms with Gasteiger partial charge in [0.05, 0.1) is 6.61 Å². The van der Waals surface area contributed by atoms with Crippen molar-refractivity contribution >= 4 is 21.4 Å². The Balaban J connectivity index is 2.83. The molecule has 0 spiro atoms. The zero-order chi connectivity index (χ0) is 15.3. The summed E-state index contributed by atoms with van der Waals surface area (Å²) in [6.07, 6.45) is 0. The Morgan fingerprint density at radius 1 is 1.35 bits per heavy atom. The number of rotatable bonds is 8. The van der Waals surface area contributed by atoms with E-state index in [0.717, 1.165) is 10.4 Å². The Labute approximate surface area is 125 Å². The van der Waals surface area contributed by atoms with E-state index >= 15 is 0 Å². The molecule has 0 bridgehead atoms. The van der Waals surface area contributed by atoms with Crippen LogP contribution in [0.1, 0.15) is 31.2 Å². The first-order valence-corrected chi connectivity index (χ1v) is 8.90. The maximum absolute atomic E-state index is 12.2. The minimum absolute atomic E-state index is 0.246. The van der Waals surface area contributed by atoms with Crippen LogP contribution >= 0.6 is 11.3 Å². The monoisotopic (exact) mass is 320 g/mol. The predicted octanol–water partition coefficient (Wildman–Crippen LogP) is 1.87. The lowest BCUT2D eigenvalue weighted by Gasteiger charge is -2.11. The van der Waals surface area contributed by atoms with Crippen LogP contribution in [0.5, 0.6) is 0 Å². The Morgan fingerprint density at radius 2 is 2.00 bits per heavy atom. The topological polar surface area (TPSA) is 67.4 Å². The molecule has 116 valence electrons. The Kier molecular flexibility index (Phi) is 6.60. The third-order valence-electron chi connectivity index (χ3n) is 2.71. The number of ether oxygens (including phenoxy) is 1. The molecule has 0 aromatic carbocycles. The van der Waals surface area contributed by atoms with Gasteiger partial charge < -0.3 is 10.1 Å². The van der Waals surface area contributed by atoms with Crippen LogP contribution in [0, 0.1) is 6.92 Å². The van der Waals surface area contributed by atoms with E-state index in [1.54, 1.807) is 20.1 Å². The van der Waals surface area contributed by atoms with Gasteiger partial charge in [-0.25, -0.2) is 13.1 Å². The second-order valence-corrected chi connectivity index (χ2v) is 8.26. The predicted molar refractivity (Wildman–Crippen MR) is 82.7 cm³/mol. The molecule has 1 rings (SSSR count). The minimum atomic E-state index is -3.46. The van der Waals surface area contributed by atoms with Gasteiger partial charge in [0.2, 0.25) is 10.0 Å². The Bertz CT molecular complexity index is 524. The average molecular weight is 320 g/mol. The molecule has 5 nitrogen and oxygen atoms in total. The van der Waals surface area contributed by atoms with Gasteiger partial charge in [0.15, 0.2) is 0 Å². The number of methoxy groups -OCH3 is 1. The summed E-state index contributed by atoms with van der Waals surface area (Å²) >= 11 is 1.31. The highest BCUT2D eigenvalue weighted by molar-refractivity contribution is 7.91. The number of sulfonamides is 1. The number of nitrogens with one attached hydrogen (secondary N) is 2. The molecule has 1 unspecified atom stereocenters. The maximum atomic E-state index is 12.2. The van der Waals surface area contributed by atoms with Gasteiger partial charge in [-0.15, -0.1) is 11.3 Å². The number of aryl methyl sites for hydroxylation is 1. The fourth-order valence-corrected chi connectivity index (χ4v) is 4.49. The largest absolute Gasteiger partial charge is 0.383 e. The van der Waals surface area contributed by atoms with Crippen LogP contribution < -0.4 is 10.0 Å². The fourth-order valence-electron chi connectivity index (χ4n) is 1.70. The molecule has 0 saturated heterocycles. The molecular weight excluding hydrogens is 296 g/mol.